The Morgan fingerprint density at radius 3 is 2.43 bits per heavy atom. The molecule has 2 nitrogen and oxygen atoms in total. The highest BCUT2D eigenvalue weighted by Gasteiger charge is 2.31. The summed E-state index contributed by atoms with van der Waals surface area (Å²) in [5.74, 6) is 3.62. The second-order valence-electron chi connectivity index (χ2n) is 7.92. The molecule has 3 N–H and O–H groups in total. The fourth-order valence-corrected chi connectivity index (χ4v) is 4.08. The Bertz CT molecular complexity index is 264. The summed E-state index contributed by atoms with van der Waals surface area (Å²) in [4.78, 5) is 0. The predicted molar refractivity (Wildman–Crippen MR) is 94.4 cm³/mol. The summed E-state index contributed by atoms with van der Waals surface area (Å²) in [7, 11) is 0. The van der Waals surface area contributed by atoms with Gasteiger partial charge in [-0.05, 0) is 76.2 Å². The summed E-state index contributed by atoms with van der Waals surface area (Å²) >= 11 is 0. The first-order chi connectivity index (χ1) is 9.93. The van der Waals surface area contributed by atoms with E-state index in [0.29, 0.717) is 12.1 Å². The maximum absolute atomic E-state index is 5.80. The van der Waals surface area contributed by atoms with Crippen LogP contribution in [0.1, 0.15) is 79.6 Å². The zero-order valence-electron chi connectivity index (χ0n) is 15.2. The molecule has 0 saturated heterocycles. The van der Waals surface area contributed by atoms with Crippen LogP contribution in [0.25, 0.3) is 0 Å². The fraction of sp³-hybridized carbons (Fsp3) is 1.00. The molecule has 1 aliphatic rings. The van der Waals surface area contributed by atoms with Gasteiger partial charge in [-0.25, -0.2) is 0 Å². The molecule has 0 radical (unpaired) electrons. The van der Waals surface area contributed by atoms with Crippen molar-refractivity contribution in [1.82, 2.24) is 5.32 Å². The van der Waals surface area contributed by atoms with Crippen LogP contribution in [0, 0.1) is 23.7 Å². The molecule has 0 aromatic carbocycles. The lowest BCUT2D eigenvalue weighted by Crippen LogP contribution is -2.39. The van der Waals surface area contributed by atoms with Gasteiger partial charge in [0.1, 0.15) is 0 Å². The van der Waals surface area contributed by atoms with Crippen molar-refractivity contribution < 1.29 is 0 Å². The quantitative estimate of drug-likeness (QED) is 0.611. The van der Waals surface area contributed by atoms with E-state index >= 15 is 0 Å². The molecule has 1 aliphatic carbocycles. The molecule has 0 heterocycles. The number of nitrogens with one attached hydrogen (secondary N) is 1. The second-order valence-corrected chi connectivity index (χ2v) is 7.92. The van der Waals surface area contributed by atoms with Crippen molar-refractivity contribution in [3.63, 3.8) is 0 Å². The van der Waals surface area contributed by atoms with E-state index in [4.69, 9.17) is 5.73 Å². The van der Waals surface area contributed by atoms with E-state index in [2.05, 4.69) is 39.9 Å². The molecule has 0 aliphatic heterocycles. The molecule has 0 amide bonds. The lowest BCUT2D eigenvalue weighted by atomic mass is 9.69. The van der Waals surface area contributed by atoms with E-state index in [1.165, 1.54) is 38.5 Å². The highest BCUT2D eigenvalue weighted by atomic mass is 14.9. The van der Waals surface area contributed by atoms with Crippen LogP contribution in [0.15, 0.2) is 0 Å². The first-order valence-electron chi connectivity index (χ1n) is 9.42. The molecular formula is C19H40N2. The van der Waals surface area contributed by atoms with Gasteiger partial charge in [-0.1, -0.05) is 33.6 Å². The Morgan fingerprint density at radius 2 is 1.81 bits per heavy atom. The van der Waals surface area contributed by atoms with Crippen LogP contribution in [-0.2, 0) is 0 Å². The van der Waals surface area contributed by atoms with Gasteiger partial charge in [-0.2, -0.15) is 0 Å². The van der Waals surface area contributed by atoms with Crippen molar-refractivity contribution in [1.29, 1.82) is 0 Å². The van der Waals surface area contributed by atoms with Crippen molar-refractivity contribution in [2.45, 2.75) is 91.6 Å². The molecule has 6 unspecified atom stereocenters. The average Bonchev–Trinajstić information content (AvgIpc) is 2.44. The highest BCUT2D eigenvalue weighted by molar-refractivity contribution is 4.83. The van der Waals surface area contributed by atoms with Gasteiger partial charge in [-0.3, -0.25) is 0 Å². The van der Waals surface area contributed by atoms with Crippen molar-refractivity contribution in [3.8, 4) is 0 Å². The van der Waals surface area contributed by atoms with Crippen LogP contribution in [0.2, 0.25) is 0 Å². The van der Waals surface area contributed by atoms with Gasteiger partial charge in [0, 0.05) is 12.1 Å². The molecule has 0 aromatic heterocycles. The van der Waals surface area contributed by atoms with Crippen molar-refractivity contribution in [3.05, 3.63) is 0 Å². The molecule has 1 saturated carbocycles. The van der Waals surface area contributed by atoms with Crippen LogP contribution < -0.4 is 11.1 Å². The summed E-state index contributed by atoms with van der Waals surface area (Å²) in [5, 5.41) is 3.76. The molecule has 2 heteroatoms. The minimum absolute atomic E-state index is 0.357. The van der Waals surface area contributed by atoms with Crippen molar-refractivity contribution in [2.75, 3.05) is 6.54 Å². The van der Waals surface area contributed by atoms with Crippen molar-refractivity contribution >= 4 is 0 Å². The molecule has 126 valence electrons. The zero-order valence-corrected chi connectivity index (χ0v) is 15.2. The third-order valence-electron chi connectivity index (χ3n) is 5.74. The summed E-state index contributed by atoms with van der Waals surface area (Å²) in [6, 6.07) is 1.00. The monoisotopic (exact) mass is 296 g/mol. The smallest absolute Gasteiger partial charge is 0.00670 e. The minimum atomic E-state index is 0.357. The SMILES string of the molecule is CCC1CC(C)CC(C(C)C(C)NCCCCC(C)N)C1. The summed E-state index contributed by atoms with van der Waals surface area (Å²) in [5.41, 5.74) is 5.80. The topological polar surface area (TPSA) is 38.0 Å². The summed E-state index contributed by atoms with van der Waals surface area (Å²) in [6.07, 6.45) is 9.39. The minimum Gasteiger partial charge on any atom is -0.328 e. The largest absolute Gasteiger partial charge is 0.328 e. The fourth-order valence-electron chi connectivity index (χ4n) is 4.08. The molecule has 21 heavy (non-hydrogen) atoms. The van der Waals surface area contributed by atoms with Gasteiger partial charge in [0.2, 0.25) is 0 Å². The average molecular weight is 297 g/mol. The van der Waals surface area contributed by atoms with E-state index in [1.54, 1.807) is 0 Å². The maximum atomic E-state index is 5.80. The van der Waals surface area contributed by atoms with Gasteiger partial charge < -0.3 is 11.1 Å². The Labute approximate surface area is 133 Å². The Hall–Kier alpha value is -0.0800. The van der Waals surface area contributed by atoms with Gasteiger partial charge in [0.15, 0.2) is 0 Å². The Balaban J connectivity index is 2.27. The lowest BCUT2D eigenvalue weighted by molar-refractivity contribution is 0.136. The summed E-state index contributed by atoms with van der Waals surface area (Å²) in [6.45, 7) is 12.9. The number of hydrogen-bond donors (Lipinski definition) is 2. The van der Waals surface area contributed by atoms with Gasteiger partial charge in [-0.15, -0.1) is 0 Å². The first-order valence-corrected chi connectivity index (χ1v) is 9.42. The molecular weight excluding hydrogens is 256 g/mol. The normalized spacial score (nSPS) is 30.9. The third-order valence-corrected chi connectivity index (χ3v) is 5.74. The molecule has 0 spiro atoms. The van der Waals surface area contributed by atoms with E-state index in [1.807, 2.05) is 0 Å². The van der Waals surface area contributed by atoms with E-state index in [9.17, 15) is 0 Å². The molecule has 6 atom stereocenters. The molecule has 0 aromatic rings. The van der Waals surface area contributed by atoms with Gasteiger partial charge in [0.05, 0.1) is 0 Å². The summed E-state index contributed by atoms with van der Waals surface area (Å²) < 4.78 is 0. The number of unbranched alkanes of at least 4 members (excludes halogenated alkanes) is 1. The van der Waals surface area contributed by atoms with Gasteiger partial charge >= 0.3 is 0 Å². The van der Waals surface area contributed by atoms with E-state index < -0.39 is 0 Å². The Morgan fingerprint density at radius 1 is 1.10 bits per heavy atom. The Kier molecular flexibility index (Phi) is 8.89. The lowest BCUT2D eigenvalue weighted by Gasteiger charge is -2.38. The van der Waals surface area contributed by atoms with Crippen LogP contribution in [0.3, 0.4) is 0 Å². The van der Waals surface area contributed by atoms with Crippen molar-refractivity contribution in [2.24, 2.45) is 29.4 Å². The second kappa shape index (κ2) is 9.84. The zero-order chi connectivity index (χ0) is 15.8. The standard InChI is InChI=1S/C19H40N2/c1-6-18-11-14(2)12-19(13-18)16(4)17(5)21-10-8-7-9-15(3)20/h14-19,21H,6-13,20H2,1-5H3. The highest BCUT2D eigenvalue weighted by Crippen LogP contribution is 2.39. The van der Waals surface area contributed by atoms with Crippen LogP contribution in [0.4, 0.5) is 0 Å². The van der Waals surface area contributed by atoms with Crippen LogP contribution in [0.5, 0.6) is 0 Å². The van der Waals surface area contributed by atoms with E-state index in [0.717, 1.165) is 36.6 Å². The molecule has 0 bridgehead atoms. The molecule has 1 rings (SSSR count). The first kappa shape index (κ1) is 19.0. The third kappa shape index (κ3) is 7.15. The number of nitrogens with two attached hydrogens (primary N) is 1. The number of hydrogen-bond acceptors (Lipinski definition) is 2. The number of rotatable bonds is 9. The predicted octanol–water partition coefficient (Wildman–Crippen LogP) is 4.58. The van der Waals surface area contributed by atoms with Crippen LogP contribution >= 0.6 is 0 Å². The van der Waals surface area contributed by atoms with E-state index in [-0.39, 0.29) is 0 Å². The van der Waals surface area contributed by atoms with Gasteiger partial charge in [0.25, 0.3) is 0 Å². The maximum Gasteiger partial charge on any atom is 0.00670 e. The van der Waals surface area contributed by atoms with Crippen LogP contribution in [-0.4, -0.2) is 18.6 Å². The molecule has 1 fully saturated rings.